The Labute approximate surface area is 146 Å². The Balaban J connectivity index is 1.55. The minimum absolute atomic E-state index is 0.242. The quantitative estimate of drug-likeness (QED) is 0.689. The number of aliphatic hydroxyl groups excluding tert-OH is 1. The van der Waals surface area contributed by atoms with Crippen LogP contribution in [-0.2, 0) is 6.42 Å². The van der Waals surface area contributed by atoms with E-state index in [1.807, 2.05) is 42.5 Å². The molecular weight excluding hydrogens is 320 g/mol. The van der Waals surface area contributed by atoms with Crippen LogP contribution in [0.3, 0.4) is 0 Å². The van der Waals surface area contributed by atoms with Crippen molar-refractivity contribution in [2.45, 2.75) is 25.5 Å². The van der Waals surface area contributed by atoms with Gasteiger partial charge in [-0.3, -0.25) is 0 Å². The summed E-state index contributed by atoms with van der Waals surface area (Å²) in [5.41, 5.74) is 1.91. The molecule has 3 rings (SSSR count). The average Bonchev–Trinajstić information content (AvgIpc) is 3.01. The zero-order valence-electron chi connectivity index (χ0n) is 13.9. The van der Waals surface area contributed by atoms with Crippen molar-refractivity contribution < 1.29 is 9.84 Å². The van der Waals surface area contributed by atoms with Gasteiger partial charge in [-0.25, -0.2) is 4.98 Å². The Morgan fingerprint density at radius 3 is 2.83 bits per heavy atom. The molecule has 0 aliphatic rings. The molecule has 1 aromatic heterocycles. The van der Waals surface area contributed by atoms with Gasteiger partial charge in [-0.05, 0) is 36.8 Å². The Hall–Kier alpha value is -1.95. The number of hydrogen-bond acceptors (Lipinski definition) is 5. The van der Waals surface area contributed by atoms with Crippen molar-refractivity contribution in [3.05, 3.63) is 59.1 Å². The lowest BCUT2D eigenvalue weighted by Gasteiger charge is -2.17. The second kappa shape index (κ2) is 7.75. The number of aromatic nitrogens is 1. The van der Waals surface area contributed by atoms with Crippen LogP contribution in [0.2, 0.25) is 0 Å². The number of rotatable bonds is 7. The molecule has 2 unspecified atom stereocenters. The minimum atomic E-state index is -0.557. The molecule has 2 atom stereocenters. The first-order valence-electron chi connectivity index (χ1n) is 8.05. The van der Waals surface area contributed by atoms with E-state index in [1.54, 1.807) is 18.4 Å². The molecule has 0 bridgehead atoms. The summed E-state index contributed by atoms with van der Waals surface area (Å²) in [6, 6.07) is 16.0. The van der Waals surface area contributed by atoms with Crippen LogP contribution in [-0.4, -0.2) is 29.8 Å². The standard InChI is InChI=1S/C19H22N2O2S/c1-13(10-19-21-16-8-3-4-9-18(16)24-19)20-12-17(22)14-6-5-7-15(11-14)23-2/h3-9,11,13,17,20,22H,10,12H2,1-2H3. The highest BCUT2D eigenvalue weighted by molar-refractivity contribution is 7.18. The van der Waals surface area contributed by atoms with Gasteiger partial charge in [0.25, 0.3) is 0 Å². The fraction of sp³-hybridized carbons (Fsp3) is 0.316. The van der Waals surface area contributed by atoms with Gasteiger partial charge in [0.15, 0.2) is 0 Å². The van der Waals surface area contributed by atoms with Crippen LogP contribution in [0.5, 0.6) is 5.75 Å². The third-order valence-electron chi connectivity index (χ3n) is 3.96. The lowest BCUT2D eigenvalue weighted by Crippen LogP contribution is -2.32. The van der Waals surface area contributed by atoms with E-state index in [2.05, 4.69) is 23.3 Å². The zero-order chi connectivity index (χ0) is 16.9. The maximum atomic E-state index is 10.3. The van der Waals surface area contributed by atoms with Crippen molar-refractivity contribution >= 4 is 21.6 Å². The Bertz CT molecular complexity index is 770. The van der Waals surface area contributed by atoms with E-state index in [-0.39, 0.29) is 6.04 Å². The monoisotopic (exact) mass is 342 g/mol. The van der Waals surface area contributed by atoms with E-state index >= 15 is 0 Å². The maximum Gasteiger partial charge on any atom is 0.119 e. The first kappa shape index (κ1) is 16.9. The number of nitrogens with one attached hydrogen (secondary N) is 1. The predicted octanol–water partition coefficient (Wildman–Crippen LogP) is 3.56. The second-order valence-electron chi connectivity index (χ2n) is 5.88. The van der Waals surface area contributed by atoms with E-state index in [4.69, 9.17) is 4.74 Å². The van der Waals surface area contributed by atoms with Gasteiger partial charge in [-0.2, -0.15) is 0 Å². The van der Waals surface area contributed by atoms with E-state index in [1.165, 1.54) is 4.70 Å². The highest BCUT2D eigenvalue weighted by Crippen LogP contribution is 2.23. The highest BCUT2D eigenvalue weighted by atomic mass is 32.1. The summed E-state index contributed by atoms with van der Waals surface area (Å²) in [5.74, 6) is 0.758. The first-order chi connectivity index (χ1) is 11.7. The molecular formula is C19H22N2O2S. The Morgan fingerprint density at radius 1 is 1.21 bits per heavy atom. The molecule has 0 saturated carbocycles. The van der Waals surface area contributed by atoms with Gasteiger partial charge in [0.1, 0.15) is 5.75 Å². The van der Waals surface area contributed by atoms with Crippen molar-refractivity contribution in [3.63, 3.8) is 0 Å². The van der Waals surface area contributed by atoms with Crippen molar-refractivity contribution in [3.8, 4) is 5.75 Å². The largest absolute Gasteiger partial charge is 0.497 e. The van der Waals surface area contributed by atoms with E-state index in [0.29, 0.717) is 6.54 Å². The number of fused-ring (bicyclic) bond motifs is 1. The molecule has 126 valence electrons. The van der Waals surface area contributed by atoms with Crippen LogP contribution < -0.4 is 10.1 Å². The summed E-state index contributed by atoms with van der Waals surface area (Å²) >= 11 is 1.73. The SMILES string of the molecule is COc1cccc(C(O)CNC(C)Cc2nc3ccccc3s2)c1. The molecule has 1 heterocycles. The van der Waals surface area contributed by atoms with Crippen molar-refractivity contribution in [2.24, 2.45) is 0 Å². The van der Waals surface area contributed by atoms with Gasteiger partial charge in [0.05, 0.1) is 28.4 Å². The van der Waals surface area contributed by atoms with Crippen LogP contribution in [0.1, 0.15) is 23.6 Å². The lowest BCUT2D eigenvalue weighted by molar-refractivity contribution is 0.170. The minimum Gasteiger partial charge on any atom is -0.497 e. The van der Waals surface area contributed by atoms with Gasteiger partial charge in [-0.1, -0.05) is 24.3 Å². The van der Waals surface area contributed by atoms with E-state index < -0.39 is 6.10 Å². The Kier molecular flexibility index (Phi) is 5.45. The highest BCUT2D eigenvalue weighted by Gasteiger charge is 2.12. The third-order valence-corrected chi connectivity index (χ3v) is 5.02. The number of benzene rings is 2. The van der Waals surface area contributed by atoms with Crippen LogP contribution in [0.15, 0.2) is 48.5 Å². The van der Waals surface area contributed by atoms with Crippen LogP contribution in [0, 0.1) is 0 Å². The van der Waals surface area contributed by atoms with Crippen molar-refractivity contribution in [2.75, 3.05) is 13.7 Å². The third kappa shape index (κ3) is 4.12. The number of hydrogen-bond donors (Lipinski definition) is 2. The van der Waals surface area contributed by atoms with Gasteiger partial charge >= 0.3 is 0 Å². The van der Waals surface area contributed by atoms with Crippen LogP contribution in [0.25, 0.3) is 10.2 Å². The van der Waals surface area contributed by atoms with Gasteiger partial charge in [0, 0.05) is 19.0 Å². The molecule has 0 aliphatic carbocycles. The first-order valence-corrected chi connectivity index (χ1v) is 8.87. The zero-order valence-corrected chi connectivity index (χ0v) is 14.7. The van der Waals surface area contributed by atoms with E-state index in [9.17, 15) is 5.11 Å². The van der Waals surface area contributed by atoms with E-state index in [0.717, 1.165) is 28.3 Å². The molecule has 3 aromatic rings. The number of ether oxygens (including phenoxy) is 1. The normalized spacial score (nSPS) is 13.8. The number of aliphatic hydroxyl groups is 1. The summed E-state index contributed by atoms with van der Waals surface area (Å²) in [4.78, 5) is 4.66. The van der Waals surface area contributed by atoms with Crippen molar-refractivity contribution in [1.29, 1.82) is 0 Å². The molecule has 24 heavy (non-hydrogen) atoms. The molecule has 0 amide bonds. The molecule has 2 aromatic carbocycles. The number of thiazole rings is 1. The Morgan fingerprint density at radius 2 is 2.04 bits per heavy atom. The molecule has 0 aliphatic heterocycles. The fourth-order valence-corrected chi connectivity index (χ4v) is 3.72. The summed E-state index contributed by atoms with van der Waals surface area (Å²) in [6.07, 6.45) is 0.294. The molecule has 0 saturated heterocycles. The summed E-state index contributed by atoms with van der Waals surface area (Å²) < 4.78 is 6.42. The lowest BCUT2D eigenvalue weighted by atomic mass is 10.1. The van der Waals surface area contributed by atoms with Crippen LogP contribution >= 0.6 is 11.3 Å². The van der Waals surface area contributed by atoms with Gasteiger partial charge in [0.2, 0.25) is 0 Å². The van der Waals surface area contributed by atoms with Gasteiger partial charge < -0.3 is 15.2 Å². The predicted molar refractivity (Wildman–Crippen MR) is 98.7 cm³/mol. The van der Waals surface area contributed by atoms with Gasteiger partial charge in [-0.15, -0.1) is 11.3 Å². The fourth-order valence-electron chi connectivity index (χ4n) is 2.62. The number of para-hydroxylation sites is 1. The maximum absolute atomic E-state index is 10.3. The molecule has 4 nitrogen and oxygen atoms in total. The van der Waals surface area contributed by atoms with Crippen molar-refractivity contribution in [1.82, 2.24) is 10.3 Å². The molecule has 5 heteroatoms. The molecule has 0 fully saturated rings. The number of nitrogens with zero attached hydrogens (tertiary/aromatic N) is 1. The average molecular weight is 342 g/mol. The second-order valence-corrected chi connectivity index (χ2v) is 7.00. The molecule has 0 radical (unpaired) electrons. The molecule has 0 spiro atoms. The summed E-state index contributed by atoms with van der Waals surface area (Å²) in [5, 5.41) is 14.8. The topological polar surface area (TPSA) is 54.4 Å². The van der Waals surface area contributed by atoms with Crippen LogP contribution in [0.4, 0.5) is 0 Å². The smallest absolute Gasteiger partial charge is 0.119 e. The molecule has 2 N–H and O–H groups in total. The summed E-state index contributed by atoms with van der Waals surface area (Å²) in [7, 11) is 1.63. The number of methoxy groups -OCH3 is 1. The summed E-state index contributed by atoms with van der Waals surface area (Å²) in [6.45, 7) is 2.61.